The van der Waals surface area contributed by atoms with Gasteiger partial charge in [0.1, 0.15) is 25.4 Å². The van der Waals surface area contributed by atoms with Gasteiger partial charge in [-0.25, -0.2) is 0 Å². The maximum atomic E-state index is 12.7. The van der Waals surface area contributed by atoms with Gasteiger partial charge in [0.05, 0.1) is 6.42 Å². The van der Waals surface area contributed by atoms with Gasteiger partial charge in [-0.3, -0.25) is 4.79 Å². The number of carbonyl (C=O) groups is 1. The van der Waals surface area contributed by atoms with Crippen LogP contribution < -0.4 is 9.47 Å². The smallest absolute Gasteiger partial charge is 0.227 e. The molecule has 2 aromatic rings. The van der Waals surface area contributed by atoms with Crippen LogP contribution in [0.25, 0.3) is 0 Å². The molecule has 0 N–H and O–H groups in total. The predicted octanol–water partition coefficient (Wildman–Crippen LogP) is 2.30. The van der Waals surface area contributed by atoms with E-state index >= 15 is 0 Å². The molecule has 0 radical (unpaired) electrons. The molecule has 8 heteroatoms. The van der Waals surface area contributed by atoms with Crippen molar-refractivity contribution in [2.24, 2.45) is 7.05 Å². The number of ether oxygens (including phenoxy) is 2. The van der Waals surface area contributed by atoms with Crippen molar-refractivity contribution >= 4 is 21.8 Å². The molecular weight excluding hydrogens is 400 g/mol. The number of piperidine rings is 1. The van der Waals surface area contributed by atoms with Crippen LogP contribution in [0, 0.1) is 0 Å². The number of aromatic nitrogens is 3. The van der Waals surface area contributed by atoms with Gasteiger partial charge < -0.3 is 18.9 Å². The molecular formula is C18H21BrN4O3. The van der Waals surface area contributed by atoms with Gasteiger partial charge in [-0.15, -0.1) is 10.2 Å². The lowest BCUT2D eigenvalue weighted by atomic mass is 9.95. The number of hydrogen-bond donors (Lipinski definition) is 0. The van der Waals surface area contributed by atoms with Crippen molar-refractivity contribution in [1.29, 1.82) is 0 Å². The van der Waals surface area contributed by atoms with Crippen molar-refractivity contribution in [2.75, 3.05) is 26.3 Å². The van der Waals surface area contributed by atoms with Crippen LogP contribution in [0.2, 0.25) is 0 Å². The third-order valence-corrected chi connectivity index (χ3v) is 5.75. The predicted molar refractivity (Wildman–Crippen MR) is 98.4 cm³/mol. The van der Waals surface area contributed by atoms with Crippen LogP contribution in [0.15, 0.2) is 22.9 Å². The highest BCUT2D eigenvalue weighted by Gasteiger charge is 2.27. The minimum Gasteiger partial charge on any atom is -0.486 e. The molecule has 2 aliphatic heterocycles. The Morgan fingerprint density at radius 2 is 1.92 bits per heavy atom. The van der Waals surface area contributed by atoms with Gasteiger partial charge in [0.15, 0.2) is 11.5 Å². The van der Waals surface area contributed by atoms with E-state index in [1.807, 2.05) is 28.6 Å². The standard InChI is InChI=1S/C18H21BrN4O3/c1-22-11-20-21-18(22)12-2-4-23(5-3-12)17(24)9-13-8-15-16(10-14(13)19)26-7-6-25-15/h8,10-12H,2-7,9H2,1H3. The monoisotopic (exact) mass is 420 g/mol. The zero-order valence-corrected chi connectivity index (χ0v) is 16.2. The number of fused-ring (bicyclic) bond motifs is 1. The molecule has 0 spiro atoms. The van der Waals surface area contributed by atoms with E-state index in [2.05, 4.69) is 26.1 Å². The number of hydrogen-bond acceptors (Lipinski definition) is 5. The number of likely N-dealkylation sites (tertiary alicyclic amines) is 1. The fraction of sp³-hybridized carbons (Fsp3) is 0.500. The van der Waals surface area contributed by atoms with Crippen molar-refractivity contribution < 1.29 is 14.3 Å². The summed E-state index contributed by atoms with van der Waals surface area (Å²) in [5.74, 6) is 2.95. The number of halogens is 1. The third-order valence-electron chi connectivity index (χ3n) is 5.01. The Morgan fingerprint density at radius 3 is 2.58 bits per heavy atom. The summed E-state index contributed by atoms with van der Waals surface area (Å²) < 4.78 is 14.0. The average Bonchev–Trinajstić information content (AvgIpc) is 3.08. The van der Waals surface area contributed by atoms with E-state index in [0.29, 0.717) is 31.3 Å². The molecule has 0 saturated carbocycles. The first-order valence-electron chi connectivity index (χ1n) is 8.81. The van der Waals surface area contributed by atoms with Gasteiger partial charge in [0.2, 0.25) is 5.91 Å². The highest BCUT2D eigenvalue weighted by molar-refractivity contribution is 9.10. The van der Waals surface area contributed by atoms with Gasteiger partial charge in [-0.05, 0) is 30.5 Å². The number of benzene rings is 1. The summed E-state index contributed by atoms with van der Waals surface area (Å²) in [6.45, 7) is 2.59. The van der Waals surface area contributed by atoms with Crippen LogP contribution in [-0.2, 0) is 18.3 Å². The van der Waals surface area contributed by atoms with E-state index in [1.165, 1.54) is 0 Å². The largest absolute Gasteiger partial charge is 0.486 e. The Kier molecular flexibility index (Phi) is 4.84. The van der Waals surface area contributed by atoms with Gasteiger partial charge in [-0.2, -0.15) is 0 Å². The molecule has 1 amide bonds. The maximum absolute atomic E-state index is 12.7. The van der Waals surface area contributed by atoms with Crippen LogP contribution in [0.3, 0.4) is 0 Å². The summed E-state index contributed by atoms with van der Waals surface area (Å²) >= 11 is 3.55. The van der Waals surface area contributed by atoms with Gasteiger partial charge in [0, 0.05) is 30.5 Å². The topological polar surface area (TPSA) is 69.5 Å². The van der Waals surface area contributed by atoms with Crippen LogP contribution in [0.1, 0.15) is 30.1 Å². The Morgan fingerprint density at radius 1 is 1.23 bits per heavy atom. The molecule has 138 valence electrons. The highest BCUT2D eigenvalue weighted by Crippen LogP contribution is 2.36. The minimum atomic E-state index is 0.138. The molecule has 1 fully saturated rings. The number of nitrogens with zero attached hydrogens (tertiary/aromatic N) is 4. The third kappa shape index (κ3) is 3.42. The van der Waals surface area contributed by atoms with E-state index in [0.717, 1.165) is 47.5 Å². The number of amides is 1. The van der Waals surface area contributed by atoms with Crippen molar-refractivity contribution in [3.8, 4) is 11.5 Å². The second-order valence-corrected chi connectivity index (χ2v) is 7.57. The molecule has 1 saturated heterocycles. The Bertz CT molecular complexity index is 815. The molecule has 1 aromatic carbocycles. The second-order valence-electron chi connectivity index (χ2n) is 6.72. The first-order chi connectivity index (χ1) is 12.6. The summed E-state index contributed by atoms with van der Waals surface area (Å²) in [7, 11) is 1.96. The van der Waals surface area contributed by atoms with Crippen LogP contribution in [0.5, 0.6) is 11.5 Å². The fourth-order valence-electron chi connectivity index (χ4n) is 3.57. The Hall–Kier alpha value is -2.09. The fourth-order valence-corrected chi connectivity index (χ4v) is 4.03. The van der Waals surface area contributed by atoms with E-state index in [1.54, 1.807) is 6.33 Å². The molecule has 1 aromatic heterocycles. The lowest BCUT2D eigenvalue weighted by molar-refractivity contribution is -0.131. The number of rotatable bonds is 3. The zero-order valence-electron chi connectivity index (χ0n) is 14.7. The highest BCUT2D eigenvalue weighted by atomic mass is 79.9. The molecule has 2 aliphatic rings. The van der Waals surface area contributed by atoms with E-state index in [4.69, 9.17) is 9.47 Å². The summed E-state index contributed by atoms with van der Waals surface area (Å²) in [6, 6.07) is 3.79. The molecule has 3 heterocycles. The lowest BCUT2D eigenvalue weighted by Crippen LogP contribution is -2.39. The van der Waals surface area contributed by atoms with Crippen molar-refractivity contribution in [3.63, 3.8) is 0 Å². The van der Waals surface area contributed by atoms with Crippen molar-refractivity contribution in [1.82, 2.24) is 19.7 Å². The maximum Gasteiger partial charge on any atom is 0.227 e. The van der Waals surface area contributed by atoms with E-state index in [-0.39, 0.29) is 5.91 Å². The summed E-state index contributed by atoms with van der Waals surface area (Å²) in [5.41, 5.74) is 0.926. The van der Waals surface area contributed by atoms with E-state index in [9.17, 15) is 4.79 Å². The lowest BCUT2D eigenvalue weighted by Gasteiger charge is -2.31. The molecule has 0 bridgehead atoms. The minimum absolute atomic E-state index is 0.138. The summed E-state index contributed by atoms with van der Waals surface area (Å²) in [6.07, 6.45) is 3.92. The molecule has 7 nitrogen and oxygen atoms in total. The SMILES string of the molecule is Cn1cnnc1C1CCN(C(=O)Cc2cc3c(cc2Br)OCCO3)CC1. The molecule has 0 atom stereocenters. The average molecular weight is 421 g/mol. The summed E-state index contributed by atoms with van der Waals surface area (Å²) in [4.78, 5) is 14.7. The summed E-state index contributed by atoms with van der Waals surface area (Å²) in [5, 5.41) is 8.16. The quantitative estimate of drug-likeness (QED) is 0.761. The van der Waals surface area contributed by atoms with Gasteiger partial charge >= 0.3 is 0 Å². The molecule has 0 aliphatic carbocycles. The first kappa shape index (κ1) is 17.3. The second kappa shape index (κ2) is 7.26. The van der Waals surface area contributed by atoms with Crippen LogP contribution >= 0.6 is 15.9 Å². The zero-order chi connectivity index (χ0) is 18.1. The molecule has 26 heavy (non-hydrogen) atoms. The van der Waals surface area contributed by atoms with Crippen LogP contribution in [-0.4, -0.2) is 51.9 Å². The number of aryl methyl sites for hydroxylation is 1. The molecule has 0 unspecified atom stereocenters. The first-order valence-corrected chi connectivity index (χ1v) is 9.61. The van der Waals surface area contributed by atoms with Crippen LogP contribution in [0.4, 0.5) is 0 Å². The van der Waals surface area contributed by atoms with Crippen molar-refractivity contribution in [2.45, 2.75) is 25.2 Å². The Balaban J connectivity index is 1.39. The molecule has 4 rings (SSSR count). The normalized spacial score (nSPS) is 17.4. The van der Waals surface area contributed by atoms with Crippen molar-refractivity contribution in [3.05, 3.63) is 34.3 Å². The Labute approximate surface area is 160 Å². The van der Waals surface area contributed by atoms with E-state index < -0.39 is 0 Å². The number of carbonyl (C=O) groups excluding carboxylic acids is 1. The van der Waals surface area contributed by atoms with Gasteiger partial charge in [-0.1, -0.05) is 15.9 Å². The van der Waals surface area contributed by atoms with Gasteiger partial charge in [0.25, 0.3) is 0 Å².